The van der Waals surface area contributed by atoms with Gasteiger partial charge in [-0.15, -0.1) is 11.3 Å². The van der Waals surface area contributed by atoms with Crippen LogP contribution in [-0.4, -0.2) is 0 Å². The molecule has 5 aromatic rings. The number of nitrogens with zero attached hydrogens (tertiary/aromatic N) is 3. The van der Waals surface area contributed by atoms with Gasteiger partial charge in [-0.05, 0) is 47.8 Å². The minimum absolute atomic E-state index is 0.328. The maximum Gasteiger partial charge on any atom is 0.229 e. The number of thiophene rings is 1. The first-order valence-electron chi connectivity index (χ1n) is 9.60. The number of benzene rings is 3. The summed E-state index contributed by atoms with van der Waals surface area (Å²) in [6.45, 7) is 0. The van der Waals surface area contributed by atoms with Crippen LogP contribution in [0.2, 0.25) is 0 Å². The molecule has 3 heterocycles. The van der Waals surface area contributed by atoms with E-state index in [1.807, 2.05) is 53.9 Å². The summed E-state index contributed by atoms with van der Waals surface area (Å²) in [4.78, 5) is 4.42. The monoisotopic (exact) mass is 405 g/mol. The molecule has 0 saturated carbocycles. The lowest BCUT2D eigenvalue weighted by Gasteiger charge is -2.39. The molecule has 6 rings (SSSR count). The molecule has 30 heavy (non-hydrogen) atoms. The zero-order chi connectivity index (χ0) is 20.1. The molecule has 4 nitrogen and oxygen atoms in total. The van der Waals surface area contributed by atoms with Gasteiger partial charge in [-0.2, -0.15) is 5.26 Å². The van der Waals surface area contributed by atoms with Gasteiger partial charge in [0.2, 0.25) is 5.76 Å². The van der Waals surface area contributed by atoms with Crippen molar-refractivity contribution in [3.05, 3.63) is 96.1 Å². The zero-order valence-electron chi connectivity index (χ0n) is 15.8. The molecule has 142 valence electrons. The Morgan fingerprint density at radius 2 is 1.27 bits per heavy atom. The molecular weight excluding hydrogens is 390 g/mol. The highest BCUT2D eigenvalue weighted by atomic mass is 32.1. The Hall–Kier alpha value is -4.01. The molecule has 0 atom stereocenters. The molecule has 2 aromatic heterocycles. The maximum atomic E-state index is 9.82. The summed E-state index contributed by atoms with van der Waals surface area (Å²) in [5, 5.41) is 11.8. The maximum absolute atomic E-state index is 9.82. The third kappa shape index (κ3) is 2.32. The van der Waals surface area contributed by atoms with E-state index in [2.05, 4.69) is 52.3 Å². The van der Waals surface area contributed by atoms with Crippen LogP contribution in [0.5, 0.6) is 0 Å². The fourth-order valence-electron chi connectivity index (χ4n) is 4.13. The topological polar surface area (TPSA) is 43.4 Å². The van der Waals surface area contributed by atoms with E-state index < -0.39 is 0 Å². The van der Waals surface area contributed by atoms with Crippen LogP contribution in [0.25, 0.3) is 10.3 Å². The number of nitriles is 1. The van der Waals surface area contributed by atoms with Gasteiger partial charge in [0.1, 0.15) is 17.3 Å². The second-order valence-corrected chi connectivity index (χ2v) is 7.91. The van der Waals surface area contributed by atoms with Crippen LogP contribution < -0.4 is 9.80 Å². The summed E-state index contributed by atoms with van der Waals surface area (Å²) in [5.74, 6) is 0.328. The lowest BCUT2D eigenvalue weighted by Crippen LogP contribution is -2.24. The number of hydrogen-bond acceptors (Lipinski definition) is 5. The Morgan fingerprint density at radius 3 is 1.87 bits per heavy atom. The Bertz CT molecular complexity index is 1380. The molecule has 0 radical (unpaired) electrons. The fraction of sp³-hybridized carbons (Fsp3) is 0. The minimum Gasteiger partial charge on any atom is -0.442 e. The molecule has 0 N–H and O–H groups in total. The van der Waals surface area contributed by atoms with Crippen molar-refractivity contribution >= 4 is 55.7 Å². The summed E-state index contributed by atoms with van der Waals surface area (Å²) in [5.41, 5.74) is 6.75. The summed E-state index contributed by atoms with van der Waals surface area (Å²) in [7, 11) is 0. The van der Waals surface area contributed by atoms with E-state index in [0.29, 0.717) is 5.76 Å². The van der Waals surface area contributed by atoms with Gasteiger partial charge in [0.15, 0.2) is 0 Å². The highest BCUT2D eigenvalue weighted by molar-refractivity contribution is 7.17. The van der Waals surface area contributed by atoms with Crippen molar-refractivity contribution in [2.45, 2.75) is 0 Å². The van der Waals surface area contributed by atoms with Gasteiger partial charge < -0.3 is 14.2 Å². The van der Waals surface area contributed by atoms with Crippen molar-refractivity contribution in [3.63, 3.8) is 0 Å². The van der Waals surface area contributed by atoms with E-state index >= 15 is 0 Å². The first-order valence-corrected chi connectivity index (χ1v) is 10.5. The molecule has 5 heteroatoms. The third-order valence-electron chi connectivity index (χ3n) is 5.34. The summed E-state index contributed by atoms with van der Waals surface area (Å²) < 4.78 is 6.85. The van der Waals surface area contributed by atoms with E-state index in [0.717, 1.165) is 44.4 Å². The van der Waals surface area contributed by atoms with Crippen molar-refractivity contribution in [2.75, 3.05) is 9.80 Å². The highest BCUT2D eigenvalue weighted by Crippen LogP contribution is 2.56. The van der Waals surface area contributed by atoms with Crippen LogP contribution in [0.3, 0.4) is 0 Å². The molecule has 0 unspecified atom stereocenters. The fourth-order valence-corrected chi connectivity index (χ4v) is 4.98. The molecule has 0 bridgehead atoms. The number of hydrogen-bond donors (Lipinski definition) is 0. The van der Waals surface area contributed by atoms with Crippen molar-refractivity contribution < 1.29 is 4.42 Å². The molecule has 0 spiro atoms. The average Bonchev–Trinajstić information content (AvgIpc) is 3.39. The van der Waals surface area contributed by atoms with Gasteiger partial charge in [-0.3, -0.25) is 0 Å². The van der Waals surface area contributed by atoms with Crippen LogP contribution in [0.1, 0.15) is 5.76 Å². The van der Waals surface area contributed by atoms with Gasteiger partial charge in [0.25, 0.3) is 0 Å². The average molecular weight is 405 g/mol. The Morgan fingerprint density at radius 1 is 0.700 bits per heavy atom. The number of para-hydroxylation sites is 5. The van der Waals surface area contributed by atoms with Gasteiger partial charge in [-0.25, -0.2) is 0 Å². The number of fused-ring (bicyclic) bond motifs is 3. The Kier molecular flexibility index (Phi) is 3.67. The summed E-state index contributed by atoms with van der Waals surface area (Å²) >= 11 is 1.59. The van der Waals surface area contributed by atoms with Crippen LogP contribution >= 0.6 is 11.3 Å². The second-order valence-electron chi connectivity index (χ2n) is 6.99. The van der Waals surface area contributed by atoms with Gasteiger partial charge >= 0.3 is 0 Å². The summed E-state index contributed by atoms with van der Waals surface area (Å²) in [6, 6.07) is 31.1. The Labute approximate surface area is 177 Å². The molecule has 1 aliphatic heterocycles. The van der Waals surface area contributed by atoms with E-state index in [9.17, 15) is 5.26 Å². The van der Waals surface area contributed by atoms with E-state index in [4.69, 9.17) is 4.42 Å². The van der Waals surface area contributed by atoms with Crippen molar-refractivity contribution in [2.24, 2.45) is 0 Å². The first-order chi connectivity index (χ1) is 14.9. The standard InChI is InChI=1S/C25H15N3OS/c26-16-23-24(25-22(29-23)14-15-30-25)28-20-12-6-4-10-18(20)27(17-8-2-1-3-9-17)19-11-5-7-13-21(19)28/h1-15H. The van der Waals surface area contributed by atoms with Crippen LogP contribution in [-0.2, 0) is 0 Å². The molecule has 0 amide bonds. The molecular formula is C25H15N3OS. The van der Waals surface area contributed by atoms with Gasteiger partial charge in [-0.1, -0.05) is 42.5 Å². The molecule has 0 aliphatic carbocycles. The molecule has 3 aromatic carbocycles. The third-order valence-corrected chi connectivity index (χ3v) is 6.24. The number of furan rings is 1. The Balaban J connectivity index is 1.69. The van der Waals surface area contributed by atoms with Crippen molar-refractivity contribution in [1.29, 1.82) is 5.26 Å². The van der Waals surface area contributed by atoms with Gasteiger partial charge in [0, 0.05) is 5.69 Å². The first kappa shape index (κ1) is 16.9. The van der Waals surface area contributed by atoms with E-state index in [-0.39, 0.29) is 0 Å². The summed E-state index contributed by atoms with van der Waals surface area (Å²) in [6.07, 6.45) is 0. The van der Waals surface area contributed by atoms with E-state index in [1.165, 1.54) is 0 Å². The highest BCUT2D eigenvalue weighted by Gasteiger charge is 2.33. The minimum atomic E-state index is 0.328. The van der Waals surface area contributed by atoms with Crippen LogP contribution in [0.4, 0.5) is 34.1 Å². The van der Waals surface area contributed by atoms with Crippen molar-refractivity contribution in [1.82, 2.24) is 0 Å². The zero-order valence-corrected chi connectivity index (χ0v) is 16.6. The molecule has 0 fully saturated rings. The predicted molar refractivity (Wildman–Crippen MR) is 122 cm³/mol. The number of anilines is 6. The largest absolute Gasteiger partial charge is 0.442 e. The SMILES string of the molecule is N#Cc1oc2ccsc2c1N1c2ccccc2N(c2ccccc2)c2ccccc21. The second kappa shape index (κ2) is 6.51. The van der Waals surface area contributed by atoms with Gasteiger partial charge in [0.05, 0.1) is 27.4 Å². The molecule has 1 aliphatic rings. The van der Waals surface area contributed by atoms with Crippen LogP contribution in [0.15, 0.2) is 94.7 Å². The quantitative estimate of drug-likeness (QED) is 0.297. The van der Waals surface area contributed by atoms with Crippen molar-refractivity contribution in [3.8, 4) is 6.07 Å². The number of rotatable bonds is 2. The lowest BCUT2D eigenvalue weighted by atomic mass is 10.0. The molecule has 0 saturated heterocycles. The normalized spacial score (nSPS) is 12.5. The van der Waals surface area contributed by atoms with Crippen LogP contribution in [0, 0.1) is 11.3 Å². The lowest BCUT2D eigenvalue weighted by molar-refractivity contribution is 0.600. The predicted octanol–water partition coefficient (Wildman–Crippen LogP) is 7.62. The smallest absolute Gasteiger partial charge is 0.229 e. The van der Waals surface area contributed by atoms with E-state index in [1.54, 1.807) is 11.3 Å².